The molecule has 102 valence electrons. The third-order valence-corrected chi connectivity index (χ3v) is 3.27. The van der Waals surface area contributed by atoms with Crippen molar-refractivity contribution >= 4 is 11.0 Å². The van der Waals surface area contributed by atoms with Gasteiger partial charge in [-0.05, 0) is 5.56 Å². The van der Waals surface area contributed by atoms with Gasteiger partial charge in [0.2, 0.25) is 0 Å². The van der Waals surface area contributed by atoms with E-state index >= 15 is 0 Å². The van der Waals surface area contributed by atoms with Gasteiger partial charge in [-0.15, -0.1) is 0 Å². The second-order valence-corrected chi connectivity index (χ2v) is 4.63. The summed E-state index contributed by atoms with van der Waals surface area (Å²) in [4.78, 5) is 16.5. The van der Waals surface area contributed by atoms with Gasteiger partial charge in [-0.2, -0.15) is 5.10 Å². The fraction of sp³-hybridized carbons (Fsp3) is 0.214. The molecular formula is C14H14N4O2. The standard InChI is InChI=1S/C14H14N4O2/c1-17-13-11(7-16-17)14(20)18(9-15-13)8-12(19)10-5-3-2-4-6-10/h2-7,9,12,19H,8H2,1H3/t12-/m1/s1. The summed E-state index contributed by atoms with van der Waals surface area (Å²) in [5.74, 6) is 0. The van der Waals surface area contributed by atoms with Crippen LogP contribution in [0.1, 0.15) is 11.7 Å². The molecule has 1 aromatic carbocycles. The van der Waals surface area contributed by atoms with Gasteiger partial charge in [0, 0.05) is 7.05 Å². The highest BCUT2D eigenvalue weighted by atomic mass is 16.3. The zero-order valence-corrected chi connectivity index (χ0v) is 11.0. The molecule has 0 bridgehead atoms. The fourth-order valence-corrected chi connectivity index (χ4v) is 2.16. The van der Waals surface area contributed by atoms with Gasteiger partial charge in [0.05, 0.1) is 18.8 Å². The van der Waals surface area contributed by atoms with E-state index in [0.29, 0.717) is 11.0 Å². The minimum atomic E-state index is -0.746. The van der Waals surface area contributed by atoms with Crippen LogP contribution >= 0.6 is 0 Å². The van der Waals surface area contributed by atoms with Crippen molar-refractivity contribution in [2.45, 2.75) is 12.6 Å². The van der Waals surface area contributed by atoms with Crippen LogP contribution in [0.3, 0.4) is 0 Å². The topological polar surface area (TPSA) is 72.9 Å². The number of aryl methyl sites for hydroxylation is 1. The zero-order chi connectivity index (χ0) is 14.1. The monoisotopic (exact) mass is 270 g/mol. The van der Waals surface area contributed by atoms with Crippen LogP contribution in [0.2, 0.25) is 0 Å². The Morgan fingerprint density at radius 1 is 1.30 bits per heavy atom. The first kappa shape index (κ1) is 12.6. The quantitative estimate of drug-likeness (QED) is 0.766. The number of benzene rings is 1. The van der Waals surface area contributed by atoms with Gasteiger partial charge in [0.1, 0.15) is 11.7 Å². The first-order valence-electron chi connectivity index (χ1n) is 6.27. The Hall–Kier alpha value is -2.47. The van der Waals surface area contributed by atoms with E-state index in [4.69, 9.17) is 0 Å². The third kappa shape index (κ3) is 2.10. The van der Waals surface area contributed by atoms with Gasteiger partial charge in [0.15, 0.2) is 5.65 Å². The predicted octanol–water partition coefficient (Wildman–Crippen LogP) is 0.864. The Bertz CT molecular complexity index is 792. The molecule has 0 saturated carbocycles. The molecule has 0 fully saturated rings. The number of hydrogen-bond donors (Lipinski definition) is 1. The molecule has 20 heavy (non-hydrogen) atoms. The summed E-state index contributed by atoms with van der Waals surface area (Å²) in [5.41, 5.74) is 1.12. The molecule has 3 aromatic rings. The first-order chi connectivity index (χ1) is 9.66. The molecule has 1 atom stereocenters. The van der Waals surface area contributed by atoms with Gasteiger partial charge < -0.3 is 5.11 Å². The fourth-order valence-electron chi connectivity index (χ4n) is 2.16. The maximum atomic E-state index is 12.3. The van der Waals surface area contributed by atoms with Crippen molar-refractivity contribution in [1.82, 2.24) is 19.3 Å². The van der Waals surface area contributed by atoms with Crippen molar-refractivity contribution in [2.24, 2.45) is 7.05 Å². The molecule has 0 radical (unpaired) electrons. The van der Waals surface area contributed by atoms with Crippen LogP contribution < -0.4 is 5.56 Å². The molecule has 2 aromatic heterocycles. The van der Waals surface area contributed by atoms with Crippen molar-refractivity contribution in [3.8, 4) is 0 Å². The smallest absolute Gasteiger partial charge is 0.264 e. The van der Waals surface area contributed by atoms with Gasteiger partial charge >= 0.3 is 0 Å². The Morgan fingerprint density at radius 3 is 2.80 bits per heavy atom. The minimum absolute atomic E-state index is 0.167. The average molecular weight is 270 g/mol. The van der Waals surface area contributed by atoms with Gasteiger partial charge in [-0.25, -0.2) is 4.98 Å². The second kappa shape index (κ2) is 4.90. The molecule has 0 aliphatic rings. The highest BCUT2D eigenvalue weighted by Crippen LogP contribution is 2.14. The summed E-state index contributed by atoms with van der Waals surface area (Å²) in [6, 6.07) is 9.23. The van der Waals surface area contributed by atoms with Crippen LogP contribution in [0.25, 0.3) is 11.0 Å². The molecule has 2 heterocycles. The number of aliphatic hydroxyl groups is 1. The minimum Gasteiger partial charge on any atom is -0.387 e. The SMILES string of the molecule is Cn1ncc2c(=O)n(C[C@@H](O)c3ccccc3)cnc21. The molecule has 6 heteroatoms. The van der Waals surface area contributed by atoms with Crippen molar-refractivity contribution in [1.29, 1.82) is 0 Å². The lowest BCUT2D eigenvalue weighted by Crippen LogP contribution is -2.23. The summed E-state index contributed by atoms with van der Waals surface area (Å²) in [5, 5.41) is 14.6. The second-order valence-electron chi connectivity index (χ2n) is 4.63. The van der Waals surface area contributed by atoms with E-state index in [1.54, 1.807) is 11.7 Å². The van der Waals surface area contributed by atoms with Crippen LogP contribution in [0.15, 0.2) is 47.7 Å². The van der Waals surface area contributed by atoms with Gasteiger partial charge in [-0.3, -0.25) is 14.0 Å². The summed E-state index contributed by atoms with van der Waals surface area (Å²) in [6.07, 6.45) is 2.19. The van der Waals surface area contributed by atoms with E-state index < -0.39 is 6.10 Å². The number of rotatable bonds is 3. The predicted molar refractivity (Wildman–Crippen MR) is 74.2 cm³/mol. The van der Waals surface area contributed by atoms with E-state index in [0.717, 1.165) is 5.56 Å². The van der Waals surface area contributed by atoms with Crippen LogP contribution in [0.5, 0.6) is 0 Å². The van der Waals surface area contributed by atoms with E-state index in [-0.39, 0.29) is 12.1 Å². The maximum Gasteiger partial charge on any atom is 0.264 e. The number of aromatic nitrogens is 4. The molecule has 0 aliphatic heterocycles. The molecule has 1 N–H and O–H groups in total. The van der Waals surface area contributed by atoms with Crippen LogP contribution in [0, 0.1) is 0 Å². The average Bonchev–Trinajstić information content (AvgIpc) is 2.85. The third-order valence-electron chi connectivity index (χ3n) is 3.27. The lowest BCUT2D eigenvalue weighted by Gasteiger charge is -2.12. The summed E-state index contributed by atoms with van der Waals surface area (Å²) in [7, 11) is 1.73. The first-order valence-corrected chi connectivity index (χ1v) is 6.27. The van der Waals surface area contributed by atoms with Crippen LogP contribution in [0.4, 0.5) is 0 Å². The summed E-state index contributed by atoms with van der Waals surface area (Å²) in [6.45, 7) is 0.167. The van der Waals surface area contributed by atoms with E-state index in [1.165, 1.54) is 17.1 Å². The van der Waals surface area contributed by atoms with Gasteiger partial charge in [0.25, 0.3) is 5.56 Å². The van der Waals surface area contributed by atoms with Crippen molar-refractivity contribution in [2.75, 3.05) is 0 Å². The van der Waals surface area contributed by atoms with E-state index in [1.807, 2.05) is 30.3 Å². The molecule has 0 aliphatic carbocycles. The highest BCUT2D eigenvalue weighted by Gasteiger charge is 2.12. The van der Waals surface area contributed by atoms with Crippen molar-refractivity contribution in [3.63, 3.8) is 0 Å². The van der Waals surface area contributed by atoms with Crippen molar-refractivity contribution in [3.05, 3.63) is 58.8 Å². The maximum absolute atomic E-state index is 12.3. The van der Waals surface area contributed by atoms with Crippen LogP contribution in [-0.2, 0) is 13.6 Å². The molecule has 6 nitrogen and oxygen atoms in total. The van der Waals surface area contributed by atoms with E-state index in [9.17, 15) is 9.90 Å². The Morgan fingerprint density at radius 2 is 2.05 bits per heavy atom. The zero-order valence-electron chi connectivity index (χ0n) is 11.0. The lowest BCUT2D eigenvalue weighted by molar-refractivity contribution is 0.155. The largest absolute Gasteiger partial charge is 0.387 e. The van der Waals surface area contributed by atoms with E-state index in [2.05, 4.69) is 10.1 Å². The lowest BCUT2D eigenvalue weighted by atomic mass is 10.1. The van der Waals surface area contributed by atoms with Gasteiger partial charge in [-0.1, -0.05) is 30.3 Å². The highest BCUT2D eigenvalue weighted by molar-refractivity contribution is 5.72. The van der Waals surface area contributed by atoms with Crippen LogP contribution in [-0.4, -0.2) is 24.4 Å². The molecule has 0 unspecified atom stereocenters. The summed E-state index contributed by atoms with van der Waals surface area (Å²) >= 11 is 0. The number of hydrogen-bond acceptors (Lipinski definition) is 4. The summed E-state index contributed by atoms with van der Waals surface area (Å²) < 4.78 is 2.95. The molecule has 0 saturated heterocycles. The number of aliphatic hydroxyl groups excluding tert-OH is 1. The Labute approximate surface area is 114 Å². The normalized spacial score (nSPS) is 12.7. The Kier molecular flexibility index (Phi) is 3.08. The molecule has 3 rings (SSSR count). The van der Waals surface area contributed by atoms with Crippen molar-refractivity contribution < 1.29 is 5.11 Å². The molecule has 0 amide bonds. The molecular weight excluding hydrogens is 256 g/mol. The Balaban J connectivity index is 1.95. The molecule has 0 spiro atoms. The number of nitrogens with zero attached hydrogens (tertiary/aromatic N) is 4. The number of fused-ring (bicyclic) bond motifs is 1.